The lowest BCUT2D eigenvalue weighted by Gasteiger charge is -2.13. The summed E-state index contributed by atoms with van der Waals surface area (Å²) in [4.78, 5) is 12.9. The van der Waals surface area contributed by atoms with Gasteiger partial charge in [-0.2, -0.15) is 8.42 Å². The highest BCUT2D eigenvalue weighted by molar-refractivity contribution is 7.86. The SMILES string of the molecule is Cc1ccc(-c2nc(-c3ccc(C)cc3C)nc(-c3cc(S(=O)(=O)O)c(O)cc3O)n2)c(C)c1. The van der Waals surface area contributed by atoms with Crippen LogP contribution in [0.25, 0.3) is 34.2 Å². The van der Waals surface area contributed by atoms with E-state index in [0.717, 1.165) is 45.5 Å². The number of aromatic nitrogens is 3. The normalized spacial score (nSPS) is 11.6. The molecule has 4 rings (SSSR count). The number of phenols is 2. The molecule has 0 saturated carbocycles. The van der Waals surface area contributed by atoms with Crippen LogP contribution in [-0.4, -0.2) is 38.1 Å². The van der Waals surface area contributed by atoms with Crippen LogP contribution < -0.4 is 0 Å². The summed E-state index contributed by atoms with van der Waals surface area (Å²) in [6, 6.07) is 13.4. The first kappa shape index (κ1) is 23.3. The predicted octanol–water partition coefficient (Wildman–Crippen LogP) is 4.76. The summed E-state index contributed by atoms with van der Waals surface area (Å²) < 4.78 is 33.0. The Bertz CT molecular complexity index is 1480. The van der Waals surface area contributed by atoms with E-state index >= 15 is 0 Å². The second-order valence-corrected chi connectivity index (χ2v) is 9.65. The van der Waals surface area contributed by atoms with E-state index in [0.29, 0.717) is 11.6 Å². The summed E-state index contributed by atoms with van der Waals surface area (Å²) >= 11 is 0. The zero-order valence-corrected chi connectivity index (χ0v) is 19.8. The highest BCUT2D eigenvalue weighted by atomic mass is 32.2. The Labute approximate surface area is 197 Å². The topological polar surface area (TPSA) is 134 Å². The fourth-order valence-electron chi connectivity index (χ4n) is 3.81. The summed E-state index contributed by atoms with van der Waals surface area (Å²) in [5, 5.41) is 20.4. The van der Waals surface area contributed by atoms with Crippen molar-refractivity contribution in [2.45, 2.75) is 32.6 Å². The number of nitrogens with zero attached hydrogens (tertiary/aromatic N) is 3. The Kier molecular flexibility index (Phi) is 5.84. The molecule has 0 aliphatic carbocycles. The number of aromatic hydroxyl groups is 2. The van der Waals surface area contributed by atoms with E-state index in [4.69, 9.17) is 0 Å². The van der Waals surface area contributed by atoms with Gasteiger partial charge in [0.05, 0.1) is 5.56 Å². The van der Waals surface area contributed by atoms with Crippen molar-refractivity contribution in [1.29, 1.82) is 0 Å². The third kappa shape index (κ3) is 4.48. The number of hydrogen-bond acceptors (Lipinski definition) is 7. The fourth-order valence-corrected chi connectivity index (χ4v) is 4.40. The highest BCUT2D eigenvalue weighted by Crippen LogP contribution is 2.37. The third-order valence-corrected chi connectivity index (χ3v) is 6.36. The molecule has 1 aromatic heterocycles. The minimum absolute atomic E-state index is 0.0117. The van der Waals surface area contributed by atoms with Crippen LogP contribution in [0.5, 0.6) is 11.5 Å². The van der Waals surface area contributed by atoms with E-state index in [9.17, 15) is 23.2 Å². The maximum Gasteiger partial charge on any atom is 0.298 e. The molecule has 0 amide bonds. The van der Waals surface area contributed by atoms with Crippen LogP contribution in [0.1, 0.15) is 22.3 Å². The van der Waals surface area contributed by atoms with Crippen LogP contribution in [-0.2, 0) is 10.1 Å². The highest BCUT2D eigenvalue weighted by Gasteiger charge is 2.22. The molecule has 0 saturated heterocycles. The zero-order valence-electron chi connectivity index (χ0n) is 19.0. The van der Waals surface area contributed by atoms with Gasteiger partial charge in [0.1, 0.15) is 16.4 Å². The van der Waals surface area contributed by atoms with Crippen LogP contribution in [0.2, 0.25) is 0 Å². The van der Waals surface area contributed by atoms with Gasteiger partial charge in [-0.05, 0) is 44.9 Å². The van der Waals surface area contributed by atoms with E-state index in [2.05, 4.69) is 15.0 Å². The Morgan fingerprint density at radius 1 is 0.618 bits per heavy atom. The summed E-state index contributed by atoms with van der Waals surface area (Å²) in [5.41, 5.74) is 5.40. The van der Waals surface area contributed by atoms with Crippen molar-refractivity contribution in [1.82, 2.24) is 15.0 Å². The average molecular weight is 478 g/mol. The Balaban J connectivity index is 2.04. The minimum atomic E-state index is -4.76. The van der Waals surface area contributed by atoms with E-state index < -0.39 is 26.5 Å². The van der Waals surface area contributed by atoms with Crippen LogP contribution >= 0.6 is 0 Å². The quantitative estimate of drug-likeness (QED) is 0.358. The molecule has 0 radical (unpaired) electrons. The largest absolute Gasteiger partial charge is 0.507 e. The molecule has 0 unspecified atom stereocenters. The lowest BCUT2D eigenvalue weighted by atomic mass is 10.0. The van der Waals surface area contributed by atoms with Gasteiger partial charge in [-0.3, -0.25) is 4.55 Å². The summed E-state index contributed by atoms with van der Waals surface area (Å²) in [7, 11) is -4.76. The van der Waals surface area contributed by atoms with Gasteiger partial charge in [-0.1, -0.05) is 47.5 Å². The third-order valence-electron chi connectivity index (χ3n) is 5.48. The maximum atomic E-state index is 11.7. The van der Waals surface area contributed by atoms with Crippen LogP contribution in [0, 0.1) is 27.7 Å². The Morgan fingerprint density at radius 3 is 1.47 bits per heavy atom. The average Bonchev–Trinajstić information content (AvgIpc) is 2.72. The predicted molar refractivity (Wildman–Crippen MR) is 128 cm³/mol. The lowest BCUT2D eigenvalue weighted by Crippen LogP contribution is -2.04. The first-order valence-corrected chi connectivity index (χ1v) is 11.8. The molecular weight excluding hydrogens is 454 g/mol. The molecule has 8 nitrogen and oxygen atoms in total. The molecule has 0 spiro atoms. The first-order chi connectivity index (χ1) is 15.9. The second-order valence-electron chi connectivity index (χ2n) is 8.26. The number of rotatable bonds is 4. The van der Waals surface area contributed by atoms with Crippen molar-refractivity contribution in [3.63, 3.8) is 0 Å². The van der Waals surface area contributed by atoms with Crippen molar-refractivity contribution < 1.29 is 23.2 Å². The minimum Gasteiger partial charge on any atom is -0.507 e. The molecule has 9 heteroatoms. The Hall–Kier alpha value is -3.82. The molecule has 0 bridgehead atoms. The fraction of sp³-hybridized carbons (Fsp3) is 0.160. The molecule has 0 aliphatic heterocycles. The zero-order chi connectivity index (χ0) is 24.8. The number of benzene rings is 3. The van der Waals surface area contributed by atoms with Crippen molar-refractivity contribution in [3.05, 3.63) is 70.8 Å². The van der Waals surface area contributed by atoms with Crippen LogP contribution in [0.4, 0.5) is 0 Å². The molecule has 0 atom stereocenters. The van der Waals surface area contributed by atoms with Gasteiger partial charge in [0.25, 0.3) is 10.1 Å². The van der Waals surface area contributed by atoms with E-state index in [-0.39, 0.29) is 11.4 Å². The molecule has 174 valence electrons. The first-order valence-electron chi connectivity index (χ1n) is 10.4. The Morgan fingerprint density at radius 2 is 1.06 bits per heavy atom. The summed E-state index contributed by atoms with van der Waals surface area (Å²) in [6.45, 7) is 7.80. The van der Waals surface area contributed by atoms with Crippen LogP contribution in [0.15, 0.2) is 53.4 Å². The van der Waals surface area contributed by atoms with Crippen LogP contribution in [0.3, 0.4) is 0 Å². The van der Waals surface area contributed by atoms with Crippen molar-refractivity contribution >= 4 is 10.1 Å². The van der Waals surface area contributed by atoms with Crippen molar-refractivity contribution in [2.24, 2.45) is 0 Å². The number of hydrogen-bond donors (Lipinski definition) is 3. The van der Waals surface area contributed by atoms with Gasteiger partial charge in [0.2, 0.25) is 0 Å². The molecule has 0 fully saturated rings. The molecule has 1 heterocycles. The van der Waals surface area contributed by atoms with Gasteiger partial charge < -0.3 is 10.2 Å². The van der Waals surface area contributed by atoms with Gasteiger partial charge in [-0.25, -0.2) is 15.0 Å². The van der Waals surface area contributed by atoms with Gasteiger partial charge in [0.15, 0.2) is 17.5 Å². The molecule has 3 N–H and O–H groups in total. The number of aryl methyl sites for hydroxylation is 4. The second kappa shape index (κ2) is 8.51. The van der Waals surface area contributed by atoms with Crippen molar-refractivity contribution in [3.8, 4) is 45.7 Å². The summed E-state index contributed by atoms with van der Waals surface area (Å²) in [6.07, 6.45) is 0. The van der Waals surface area contributed by atoms with Gasteiger partial charge >= 0.3 is 0 Å². The molecule has 3 aromatic carbocycles. The lowest BCUT2D eigenvalue weighted by molar-refractivity contribution is 0.431. The molecule has 4 aromatic rings. The molecule has 34 heavy (non-hydrogen) atoms. The number of phenolic OH excluding ortho intramolecular Hbond substituents is 2. The van der Waals surface area contributed by atoms with Gasteiger partial charge in [-0.15, -0.1) is 0 Å². The standard InChI is InChI=1S/C25H23N3O5S/c1-13-5-7-17(15(3)9-13)23-26-24(18-8-6-14(2)10-16(18)4)28-25(27-23)19-11-22(34(31,32)33)21(30)12-20(19)29/h5-12,29-30H,1-4H3,(H,31,32,33). The monoisotopic (exact) mass is 477 g/mol. The van der Waals surface area contributed by atoms with E-state index in [1.807, 2.05) is 64.1 Å². The van der Waals surface area contributed by atoms with E-state index in [1.54, 1.807) is 0 Å². The van der Waals surface area contributed by atoms with Gasteiger partial charge in [0, 0.05) is 17.2 Å². The molecule has 0 aliphatic rings. The maximum absolute atomic E-state index is 11.7. The van der Waals surface area contributed by atoms with E-state index in [1.165, 1.54) is 0 Å². The smallest absolute Gasteiger partial charge is 0.298 e. The molecular formula is C25H23N3O5S. The van der Waals surface area contributed by atoms with Crippen molar-refractivity contribution in [2.75, 3.05) is 0 Å². The summed E-state index contributed by atoms with van der Waals surface area (Å²) in [5.74, 6) is -0.588.